The van der Waals surface area contributed by atoms with Crippen LogP contribution < -0.4 is 0 Å². The lowest BCUT2D eigenvalue weighted by Gasteiger charge is -2.01. The van der Waals surface area contributed by atoms with Crippen molar-refractivity contribution in [3.8, 4) is 0 Å². The zero-order chi connectivity index (χ0) is 7.82. The molecule has 0 heterocycles. The molecule has 0 aliphatic rings. The highest BCUT2D eigenvalue weighted by Gasteiger charge is 1.91. The molecule has 0 aliphatic carbocycles. The molecule has 0 bridgehead atoms. The minimum atomic E-state index is 0.860. The third kappa shape index (κ3) is 7.67. The highest BCUT2D eigenvalue weighted by molar-refractivity contribution is 5.56. The maximum absolute atomic E-state index is 3.93. The predicted octanol–water partition coefficient (Wildman–Crippen LogP) is 2.90. The number of rotatable bonds is 5. The molecule has 0 amide bonds. The Kier molecular flexibility index (Phi) is 6.56. The molecule has 0 aromatic heterocycles. The lowest BCUT2D eigenvalue weighted by Crippen LogP contribution is -1.86. The molecular weight excluding hydrogens is 122 g/mol. The van der Waals surface area contributed by atoms with E-state index in [4.69, 9.17) is 0 Å². The lowest BCUT2D eigenvalue weighted by molar-refractivity contribution is 0.544. The number of aliphatic imine (C=N–C) groups is 1. The van der Waals surface area contributed by atoms with E-state index in [1.807, 2.05) is 13.3 Å². The molecule has 0 saturated heterocycles. The fourth-order valence-corrected chi connectivity index (χ4v) is 0.917. The molecule has 1 nitrogen and oxygen atoms in total. The molecule has 0 N–H and O–H groups in total. The van der Waals surface area contributed by atoms with Gasteiger partial charge in [-0.15, -0.1) is 0 Å². The average Bonchev–Trinajstić information content (AvgIpc) is 1.87. The van der Waals surface area contributed by atoms with E-state index in [0.29, 0.717) is 0 Å². The normalized spacial score (nSPS) is 11.6. The van der Waals surface area contributed by atoms with Crippen LogP contribution in [0.5, 0.6) is 0 Å². The fraction of sp³-hybridized carbons (Fsp3) is 0.889. The van der Waals surface area contributed by atoms with Crippen LogP contribution in [0.3, 0.4) is 0 Å². The summed E-state index contributed by atoms with van der Waals surface area (Å²) in [7, 11) is 1.84. The Balaban J connectivity index is 2.91. The molecule has 0 atom stereocenters. The first-order valence-electron chi connectivity index (χ1n) is 4.18. The lowest BCUT2D eigenvalue weighted by atomic mass is 10.1. The van der Waals surface area contributed by atoms with Gasteiger partial charge in [0.05, 0.1) is 0 Å². The zero-order valence-corrected chi connectivity index (χ0v) is 7.43. The van der Waals surface area contributed by atoms with Crippen molar-refractivity contribution in [2.75, 3.05) is 7.05 Å². The van der Waals surface area contributed by atoms with Crippen LogP contribution in [-0.2, 0) is 0 Å². The molecule has 0 rings (SSSR count). The summed E-state index contributed by atoms with van der Waals surface area (Å²) < 4.78 is 0. The second-order valence-corrected chi connectivity index (χ2v) is 3.12. The van der Waals surface area contributed by atoms with Crippen molar-refractivity contribution < 1.29 is 0 Å². The Morgan fingerprint density at radius 2 is 2.00 bits per heavy atom. The van der Waals surface area contributed by atoms with E-state index < -0.39 is 0 Å². The number of nitrogens with zero attached hydrogens (tertiary/aromatic N) is 1. The molecular formula is C9H19N. The van der Waals surface area contributed by atoms with Gasteiger partial charge in [-0.3, -0.25) is 0 Å². The van der Waals surface area contributed by atoms with Crippen molar-refractivity contribution >= 4 is 6.21 Å². The van der Waals surface area contributed by atoms with Crippen LogP contribution in [0.1, 0.15) is 39.5 Å². The van der Waals surface area contributed by atoms with E-state index in [9.17, 15) is 0 Å². The van der Waals surface area contributed by atoms with Gasteiger partial charge in [0.1, 0.15) is 0 Å². The van der Waals surface area contributed by atoms with Crippen molar-refractivity contribution in [2.45, 2.75) is 39.5 Å². The first-order chi connectivity index (χ1) is 4.77. The smallest absolute Gasteiger partial charge is 0.0273 e. The summed E-state index contributed by atoms with van der Waals surface area (Å²) in [6, 6.07) is 0. The molecule has 0 aromatic rings. The predicted molar refractivity (Wildman–Crippen MR) is 47.7 cm³/mol. The summed E-state index contributed by atoms with van der Waals surface area (Å²) >= 11 is 0. The van der Waals surface area contributed by atoms with Crippen LogP contribution in [0, 0.1) is 5.92 Å². The number of hydrogen-bond donors (Lipinski definition) is 0. The van der Waals surface area contributed by atoms with Crippen LogP contribution in [0.2, 0.25) is 0 Å². The molecule has 0 unspecified atom stereocenters. The highest BCUT2D eigenvalue weighted by Crippen LogP contribution is 2.06. The van der Waals surface area contributed by atoms with Gasteiger partial charge >= 0.3 is 0 Å². The third-order valence-electron chi connectivity index (χ3n) is 1.55. The standard InChI is InChI=1S/C9H19N/c1-9(2)7-5-4-6-8-10-3/h8-9H,4-7H2,1-3H3/b10-8+. The quantitative estimate of drug-likeness (QED) is 0.412. The first kappa shape index (κ1) is 9.67. The van der Waals surface area contributed by atoms with Gasteiger partial charge in [-0.1, -0.05) is 26.7 Å². The van der Waals surface area contributed by atoms with Gasteiger partial charge < -0.3 is 4.99 Å². The Labute approximate surface area is 64.6 Å². The molecule has 0 radical (unpaired) electrons. The Hall–Kier alpha value is -0.330. The van der Waals surface area contributed by atoms with E-state index in [2.05, 4.69) is 18.8 Å². The molecule has 0 spiro atoms. The van der Waals surface area contributed by atoms with Crippen molar-refractivity contribution in [3.05, 3.63) is 0 Å². The van der Waals surface area contributed by atoms with Crippen LogP contribution in [0.4, 0.5) is 0 Å². The maximum atomic E-state index is 3.93. The second kappa shape index (κ2) is 6.79. The van der Waals surface area contributed by atoms with E-state index in [1.54, 1.807) is 0 Å². The number of unbranched alkanes of at least 4 members (excludes halogenated alkanes) is 2. The minimum Gasteiger partial charge on any atom is -0.301 e. The van der Waals surface area contributed by atoms with Crippen LogP contribution >= 0.6 is 0 Å². The van der Waals surface area contributed by atoms with E-state index in [0.717, 1.165) is 12.3 Å². The molecule has 0 fully saturated rings. The zero-order valence-electron chi connectivity index (χ0n) is 7.43. The van der Waals surface area contributed by atoms with Gasteiger partial charge in [-0.25, -0.2) is 0 Å². The van der Waals surface area contributed by atoms with Crippen LogP contribution in [0.15, 0.2) is 4.99 Å². The molecule has 0 aliphatic heterocycles. The largest absolute Gasteiger partial charge is 0.301 e. The molecule has 60 valence electrons. The van der Waals surface area contributed by atoms with E-state index in [1.165, 1.54) is 19.3 Å². The minimum absolute atomic E-state index is 0.860. The van der Waals surface area contributed by atoms with Gasteiger partial charge in [-0.2, -0.15) is 0 Å². The van der Waals surface area contributed by atoms with Crippen molar-refractivity contribution in [2.24, 2.45) is 10.9 Å². The summed E-state index contributed by atoms with van der Waals surface area (Å²) in [5, 5.41) is 0. The summed E-state index contributed by atoms with van der Waals surface area (Å²) in [6.07, 6.45) is 7.17. The SMILES string of the molecule is C/N=C/CCCCC(C)C. The molecule has 1 heteroatoms. The summed E-state index contributed by atoms with van der Waals surface area (Å²) in [5.74, 6) is 0.860. The molecule has 10 heavy (non-hydrogen) atoms. The van der Waals surface area contributed by atoms with Gasteiger partial charge in [0, 0.05) is 7.05 Å². The van der Waals surface area contributed by atoms with Crippen LogP contribution in [0.25, 0.3) is 0 Å². The highest BCUT2D eigenvalue weighted by atomic mass is 14.6. The maximum Gasteiger partial charge on any atom is 0.0273 e. The van der Waals surface area contributed by atoms with Crippen molar-refractivity contribution in [1.29, 1.82) is 0 Å². The first-order valence-corrected chi connectivity index (χ1v) is 4.18. The Morgan fingerprint density at radius 3 is 2.50 bits per heavy atom. The summed E-state index contributed by atoms with van der Waals surface area (Å²) in [5.41, 5.74) is 0. The fourth-order valence-electron chi connectivity index (χ4n) is 0.917. The van der Waals surface area contributed by atoms with E-state index in [-0.39, 0.29) is 0 Å². The third-order valence-corrected chi connectivity index (χ3v) is 1.55. The monoisotopic (exact) mass is 141 g/mol. The molecule has 0 aromatic carbocycles. The Morgan fingerprint density at radius 1 is 1.30 bits per heavy atom. The van der Waals surface area contributed by atoms with E-state index >= 15 is 0 Å². The summed E-state index contributed by atoms with van der Waals surface area (Å²) in [4.78, 5) is 3.93. The van der Waals surface area contributed by atoms with Gasteiger partial charge in [0.2, 0.25) is 0 Å². The topological polar surface area (TPSA) is 12.4 Å². The van der Waals surface area contributed by atoms with Crippen molar-refractivity contribution in [1.82, 2.24) is 0 Å². The van der Waals surface area contributed by atoms with Gasteiger partial charge in [-0.05, 0) is 25.0 Å². The average molecular weight is 141 g/mol. The second-order valence-electron chi connectivity index (χ2n) is 3.12. The molecule has 0 saturated carbocycles. The van der Waals surface area contributed by atoms with Gasteiger partial charge in [0.15, 0.2) is 0 Å². The number of hydrogen-bond acceptors (Lipinski definition) is 1. The van der Waals surface area contributed by atoms with Crippen molar-refractivity contribution in [3.63, 3.8) is 0 Å². The van der Waals surface area contributed by atoms with Gasteiger partial charge in [0.25, 0.3) is 0 Å². The van der Waals surface area contributed by atoms with Crippen LogP contribution in [-0.4, -0.2) is 13.3 Å². The summed E-state index contributed by atoms with van der Waals surface area (Å²) in [6.45, 7) is 4.54. The Bertz CT molecular complexity index is 84.7.